The summed E-state index contributed by atoms with van der Waals surface area (Å²) in [7, 11) is 0. The first kappa shape index (κ1) is 21.2. The van der Waals surface area contributed by atoms with E-state index in [0.29, 0.717) is 12.2 Å². The molecule has 4 rings (SSSR count). The van der Waals surface area contributed by atoms with Crippen LogP contribution in [0, 0.1) is 5.82 Å². The molecule has 2 amide bonds. The highest BCUT2D eigenvalue weighted by Crippen LogP contribution is 2.28. The molecule has 13 heteroatoms. The Bertz CT molecular complexity index is 1040. The first-order valence-electron chi connectivity index (χ1n) is 9.77. The van der Waals surface area contributed by atoms with Crippen molar-refractivity contribution in [1.82, 2.24) is 20.0 Å². The minimum Gasteiger partial charge on any atom is -0.456 e. The molecule has 0 spiro atoms. The minimum atomic E-state index is -0.566. The molecule has 12 nitrogen and oxygen atoms in total. The number of hydrogen-bond acceptors (Lipinski definition) is 9. The number of hydrogen-bond donors (Lipinski definition) is 0. The number of halogens is 1. The van der Waals surface area contributed by atoms with Gasteiger partial charge >= 0.3 is 12.1 Å². The van der Waals surface area contributed by atoms with E-state index in [4.69, 9.17) is 4.74 Å². The third-order valence-electron chi connectivity index (χ3n) is 4.86. The maximum atomic E-state index is 14.8. The van der Waals surface area contributed by atoms with Gasteiger partial charge in [-0.3, -0.25) is 14.5 Å². The van der Waals surface area contributed by atoms with Gasteiger partial charge in [0.1, 0.15) is 18.3 Å². The third kappa shape index (κ3) is 4.66. The van der Waals surface area contributed by atoms with E-state index in [0.717, 1.165) is 5.01 Å². The van der Waals surface area contributed by atoms with Crippen LogP contribution in [-0.2, 0) is 25.6 Å². The number of benzene rings is 1. The predicted octanol–water partition coefficient (Wildman–Crippen LogP) is 0.598. The fourth-order valence-corrected chi connectivity index (χ4v) is 3.32. The molecule has 1 unspecified atom stereocenters. The number of anilines is 2. The van der Waals surface area contributed by atoms with Crippen molar-refractivity contribution in [1.29, 1.82) is 0 Å². The first-order valence-corrected chi connectivity index (χ1v) is 9.77. The largest absolute Gasteiger partial charge is 0.456 e. The molecule has 0 N–H and O–H groups in total. The van der Waals surface area contributed by atoms with E-state index >= 15 is 0 Å². The van der Waals surface area contributed by atoms with E-state index in [1.807, 2.05) is 0 Å². The molecule has 3 heterocycles. The molecule has 32 heavy (non-hydrogen) atoms. The van der Waals surface area contributed by atoms with E-state index < -0.39 is 36.5 Å². The van der Waals surface area contributed by atoms with Crippen LogP contribution in [0.2, 0.25) is 0 Å². The summed E-state index contributed by atoms with van der Waals surface area (Å²) in [6, 6.07) is 4.40. The maximum absolute atomic E-state index is 14.8. The van der Waals surface area contributed by atoms with Crippen LogP contribution in [0.15, 0.2) is 35.7 Å². The number of esters is 1. The monoisotopic (exact) mass is 445 g/mol. The Balaban J connectivity index is 1.39. The summed E-state index contributed by atoms with van der Waals surface area (Å²) < 4.78 is 26.4. The minimum absolute atomic E-state index is 0.195. The van der Waals surface area contributed by atoms with Crippen molar-refractivity contribution in [3.8, 4) is 0 Å². The molecule has 1 saturated heterocycles. The van der Waals surface area contributed by atoms with Crippen molar-refractivity contribution in [2.24, 2.45) is 5.10 Å². The highest BCUT2D eigenvalue weighted by atomic mass is 19.1. The SMILES string of the molecule is CC(=O)OCC(=O)N1CCN(c2ccc(N3CC(Cn4ccnn4)OC3=O)cc2F)C=N1. The Morgan fingerprint density at radius 3 is 2.81 bits per heavy atom. The Hall–Kier alpha value is -4.03. The van der Waals surface area contributed by atoms with Crippen LogP contribution in [0.3, 0.4) is 0 Å². The van der Waals surface area contributed by atoms with Gasteiger partial charge in [-0.25, -0.2) is 18.9 Å². The number of ether oxygens (including phenoxy) is 2. The van der Waals surface area contributed by atoms with E-state index in [9.17, 15) is 18.8 Å². The number of nitrogens with zero attached hydrogens (tertiary/aromatic N) is 7. The summed E-state index contributed by atoms with van der Waals surface area (Å²) >= 11 is 0. The third-order valence-corrected chi connectivity index (χ3v) is 4.86. The smallest absolute Gasteiger partial charge is 0.414 e. The highest BCUT2D eigenvalue weighted by molar-refractivity contribution is 5.91. The second-order valence-corrected chi connectivity index (χ2v) is 7.10. The van der Waals surface area contributed by atoms with Crippen LogP contribution >= 0.6 is 0 Å². The zero-order chi connectivity index (χ0) is 22.7. The average molecular weight is 445 g/mol. The molecule has 1 aromatic carbocycles. The Morgan fingerprint density at radius 2 is 2.16 bits per heavy atom. The van der Waals surface area contributed by atoms with Crippen molar-refractivity contribution in [3.63, 3.8) is 0 Å². The van der Waals surface area contributed by atoms with E-state index in [1.165, 1.54) is 36.5 Å². The molecule has 1 aromatic heterocycles. The van der Waals surface area contributed by atoms with Gasteiger partial charge in [-0.05, 0) is 18.2 Å². The number of amides is 2. The molecule has 0 saturated carbocycles. The van der Waals surface area contributed by atoms with Gasteiger partial charge in [0.15, 0.2) is 6.61 Å². The number of cyclic esters (lactones) is 1. The quantitative estimate of drug-likeness (QED) is 0.593. The Morgan fingerprint density at radius 1 is 1.31 bits per heavy atom. The van der Waals surface area contributed by atoms with Crippen molar-refractivity contribution in [3.05, 3.63) is 36.4 Å². The normalized spacial score (nSPS) is 18.1. The van der Waals surface area contributed by atoms with Gasteiger partial charge in [0.05, 0.1) is 37.2 Å². The first-order chi connectivity index (χ1) is 15.4. The lowest BCUT2D eigenvalue weighted by Crippen LogP contribution is -2.42. The maximum Gasteiger partial charge on any atom is 0.414 e. The summed E-state index contributed by atoms with van der Waals surface area (Å²) in [6.07, 6.45) is 3.52. The number of carbonyl (C=O) groups is 3. The fraction of sp³-hybridized carbons (Fsp3) is 0.368. The molecule has 0 aliphatic carbocycles. The van der Waals surface area contributed by atoms with Crippen LogP contribution < -0.4 is 9.80 Å². The summed E-state index contributed by atoms with van der Waals surface area (Å²) in [5, 5.41) is 12.7. The molecular formula is C19H20FN7O5. The van der Waals surface area contributed by atoms with Crippen LogP contribution in [0.25, 0.3) is 0 Å². The second kappa shape index (κ2) is 8.99. The van der Waals surface area contributed by atoms with Gasteiger partial charge in [-0.1, -0.05) is 5.21 Å². The van der Waals surface area contributed by atoms with Crippen LogP contribution in [-0.4, -0.2) is 76.7 Å². The van der Waals surface area contributed by atoms with Crippen molar-refractivity contribution >= 4 is 35.7 Å². The Kier molecular flexibility index (Phi) is 5.96. The second-order valence-electron chi connectivity index (χ2n) is 7.10. The van der Waals surface area contributed by atoms with Gasteiger partial charge in [0.2, 0.25) is 0 Å². The molecule has 2 aliphatic rings. The molecule has 1 atom stereocenters. The van der Waals surface area contributed by atoms with Gasteiger partial charge < -0.3 is 14.4 Å². The van der Waals surface area contributed by atoms with E-state index in [-0.39, 0.29) is 25.3 Å². The number of aromatic nitrogens is 3. The Labute approximate surface area is 181 Å². The zero-order valence-corrected chi connectivity index (χ0v) is 17.1. The lowest BCUT2D eigenvalue weighted by Gasteiger charge is -2.29. The molecule has 2 aliphatic heterocycles. The van der Waals surface area contributed by atoms with Crippen molar-refractivity contribution < 1.29 is 28.2 Å². The number of rotatable bonds is 6. The number of carbonyl (C=O) groups excluding carboxylic acids is 3. The van der Waals surface area contributed by atoms with Crippen LogP contribution in [0.5, 0.6) is 0 Å². The van der Waals surface area contributed by atoms with Gasteiger partial charge in [0, 0.05) is 19.7 Å². The fourth-order valence-electron chi connectivity index (χ4n) is 3.32. The highest BCUT2D eigenvalue weighted by Gasteiger charge is 2.33. The zero-order valence-electron chi connectivity index (χ0n) is 17.1. The summed E-state index contributed by atoms with van der Waals surface area (Å²) in [6.45, 7) is 1.89. The van der Waals surface area contributed by atoms with Gasteiger partial charge in [-0.15, -0.1) is 5.10 Å². The number of hydrazone groups is 1. The predicted molar refractivity (Wildman–Crippen MR) is 108 cm³/mol. The molecule has 168 valence electrons. The summed E-state index contributed by atoms with van der Waals surface area (Å²) in [5.74, 6) is -1.59. The molecule has 1 fully saturated rings. The summed E-state index contributed by atoms with van der Waals surface area (Å²) in [4.78, 5) is 37.9. The lowest BCUT2D eigenvalue weighted by atomic mass is 10.2. The molecule has 2 aromatic rings. The van der Waals surface area contributed by atoms with Crippen LogP contribution in [0.1, 0.15) is 6.92 Å². The van der Waals surface area contributed by atoms with Gasteiger partial charge in [0.25, 0.3) is 5.91 Å². The van der Waals surface area contributed by atoms with E-state index in [2.05, 4.69) is 20.2 Å². The van der Waals surface area contributed by atoms with Crippen molar-refractivity contribution in [2.75, 3.05) is 36.0 Å². The van der Waals surface area contributed by atoms with Crippen LogP contribution in [0.4, 0.5) is 20.6 Å². The average Bonchev–Trinajstić information content (AvgIpc) is 3.41. The van der Waals surface area contributed by atoms with E-state index in [1.54, 1.807) is 21.8 Å². The lowest BCUT2D eigenvalue weighted by molar-refractivity contribution is -0.150. The topological polar surface area (TPSA) is 122 Å². The molecule has 0 radical (unpaired) electrons. The van der Waals surface area contributed by atoms with Crippen molar-refractivity contribution in [2.45, 2.75) is 19.6 Å². The standard InChI is InChI=1S/C19H20FN7O5/c1-13(28)31-11-18(29)27-7-6-24(12-22-27)17-3-2-14(8-16(17)20)26-10-15(32-19(26)30)9-25-5-4-21-23-25/h2-5,8,12,15H,6-7,9-11H2,1H3. The summed E-state index contributed by atoms with van der Waals surface area (Å²) in [5.41, 5.74) is 0.612. The van der Waals surface area contributed by atoms with Gasteiger partial charge in [-0.2, -0.15) is 5.10 Å². The molecule has 0 bridgehead atoms. The molecular weight excluding hydrogens is 425 g/mol.